The van der Waals surface area contributed by atoms with Gasteiger partial charge in [0.05, 0.1) is 37.7 Å². The van der Waals surface area contributed by atoms with Crippen molar-refractivity contribution in [1.29, 1.82) is 0 Å². The van der Waals surface area contributed by atoms with Gasteiger partial charge < -0.3 is 25.0 Å². The molecule has 3 heterocycles. The average Bonchev–Trinajstić information content (AvgIpc) is 3.74. The number of fused-ring (bicyclic) bond motifs is 1. The number of nitrogens with one attached hydrogen (secondary N) is 2. The van der Waals surface area contributed by atoms with Crippen LogP contribution in [0.1, 0.15) is 17.5 Å². The predicted molar refractivity (Wildman–Crippen MR) is 170 cm³/mol. The number of aryl methyl sites for hydroxylation is 1. The Balaban J connectivity index is 1.20. The van der Waals surface area contributed by atoms with E-state index in [1.165, 1.54) is 11.2 Å². The van der Waals surface area contributed by atoms with E-state index in [4.69, 9.17) is 9.47 Å². The van der Waals surface area contributed by atoms with Crippen molar-refractivity contribution in [3.05, 3.63) is 84.4 Å². The van der Waals surface area contributed by atoms with Crippen LogP contribution in [0.15, 0.2) is 73.3 Å². The number of halogens is 3. The van der Waals surface area contributed by atoms with Crippen molar-refractivity contribution < 1.29 is 32.2 Å². The molecule has 11 nitrogen and oxygen atoms in total. The van der Waals surface area contributed by atoms with Crippen LogP contribution in [0, 0.1) is 6.92 Å². The second-order valence-electron chi connectivity index (χ2n) is 11.0. The normalized spacial score (nSPS) is 14.8. The van der Waals surface area contributed by atoms with Gasteiger partial charge in [-0.15, -0.1) is 13.2 Å². The van der Waals surface area contributed by atoms with Gasteiger partial charge in [-0.2, -0.15) is 5.10 Å². The highest BCUT2D eigenvalue weighted by atomic mass is 19.4. The first-order chi connectivity index (χ1) is 22.6. The first-order valence-corrected chi connectivity index (χ1v) is 14.8. The SMILES string of the molecule is COc1ccc(CNc2ncnc3c(-c4cnn(-c5cc(NC(=O)N6CCC(OC(F)(F)F)C6)ccc5C)c4)cccc23)c(OC)c1. The third kappa shape index (κ3) is 7.07. The lowest BCUT2D eigenvalue weighted by molar-refractivity contribution is -0.340. The van der Waals surface area contributed by atoms with Gasteiger partial charge in [-0.3, -0.25) is 4.74 Å². The molecule has 1 fully saturated rings. The Morgan fingerprint density at radius 1 is 1.06 bits per heavy atom. The minimum Gasteiger partial charge on any atom is -0.497 e. The molecule has 2 aromatic heterocycles. The summed E-state index contributed by atoms with van der Waals surface area (Å²) < 4.78 is 54.4. The van der Waals surface area contributed by atoms with E-state index >= 15 is 0 Å². The number of amides is 2. The molecule has 1 unspecified atom stereocenters. The number of likely N-dealkylation sites (tertiary alicyclic amines) is 1. The molecule has 2 amide bonds. The molecule has 1 aliphatic heterocycles. The monoisotopic (exact) mass is 647 g/mol. The summed E-state index contributed by atoms with van der Waals surface area (Å²) in [6.07, 6.45) is -0.591. The Hall–Kier alpha value is -5.37. The van der Waals surface area contributed by atoms with Crippen LogP contribution in [-0.4, -0.2) is 70.5 Å². The standard InChI is InChI=1S/C33H32F3N7O4/c1-20-7-9-23(41-32(44)42-12-11-25(18-42)47-33(34,35)36)13-28(20)43-17-22(16-40-43)26-5-4-6-27-30(26)38-19-39-31(27)37-15-21-8-10-24(45-2)14-29(21)46-3/h4-10,13-14,16-17,19,25H,11-12,15,18H2,1-3H3,(H,41,44)(H,37,38,39). The first-order valence-electron chi connectivity index (χ1n) is 14.8. The Bertz CT molecular complexity index is 1910. The number of anilines is 2. The van der Waals surface area contributed by atoms with Crippen molar-refractivity contribution in [3.8, 4) is 28.3 Å². The summed E-state index contributed by atoms with van der Waals surface area (Å²) in [6, 6.07) is 16.3. The number of aromatic nitrogens is 4. The van der Waals surface area contributed by atoms with Gasteiger partial charge in [-0.05, 0) is 49.2 Å². The number of ether oxygens (including phenoxy) is 3. The van der Waals surface area contributed by atoms with Crippen LogP contribution in [0.3, 0.4) is 0 Å². The van der Waals surface area contributed by atoms with Gasteiger partial charge in [0.2, 0.25) is 0 Å². The van der Waals surface area contributed by atoms with Gasteiger partial charge in [-0.25, -0.2) is 19.4 Å². The van der Waals surface area contributed by atoms with Gasteiger partial charge in [0.25, 0.3) is 0 Å². The molecule has 0 aliphatic carbocycles. The summed E-state index contributed by atoms with van der Waals surface area (Å²) in [4.78, 5) is 23.2. The minimum absolute atomic E-state index is 0.107. The predicted octanol–water partition coefficient (Wildman–Crippen LogP) is 6.56. The summed E-state index contributed by atoms with van der Waals surface area (Å²) in [6.45, 7) is 2.40. The second-order valence-corrected chi connectivity index (χ2v) is 11.0. The Labute approximate surface area is 268 Å². The number of para-hydroxylation sites is 1. The number of alkyl halides is 3. The Kier molecular flexibility index (Phi) is 8.85. The van der Waals surface area contributed by atoms with Crippen LogP contribution >= 0.6 is 0 Å². The topological polar surface area (TPSA) is 116 Å². The molecule has 0 radical (unpaired) electrons. The molecule has 47 heavy (non-hydrogen) atoms. The molecule has 2 N–H and O–H groups in total. The van der Waals surface area contributed by atoms with Crippen molar-refractivity contribution in [3.63, 3.8) is 0 Å². The molecule has 1 aliphatic rings. The van der Waals surface area contributed by atoms with Crippen molar-refractivity contribution in [2.45, 2.75) is 32.4 Å². The fourth-order valence-electron chi connectivity index (χ4n) is 5.57. The summed E-state index contributed by atoms with van der Waals surface area (Å²) in [7, 11) is 3.22. The van der Waals surface area contributed by atoms with Gasteiger partial charge in [0.15, 0.2) is 0 Å². The highest BCUT2D eigenvalue weighted by Crippen LogP contribution is 2.32. The molecule has 1 atom stereocenters. The maximum Gasteiger partial charge on any atom is 0.522 e. The molecular formula is C33H32F3N7O4. The van der Waals surface area contributed by atoms with E-state index < -0.39 is 18.5 Å². The summed E-state index contributed by atoms with van der Waals surface area (Å²) >= 11 is 0. The van der Waals surface area contributed by atoms with Crippen LogP contribution in [0.25, 0.3) is 27.7 Å². The number of nitrogens with zero attached hydrogens (tertiary/aromatic N) is 5. The number of benzene rings is 3. The van der Waals surface area contributed by atoms with E-state index in [2.05, 4.69) is 30.4 Å². The number of urea groups is 1. The van der Waals surface area contributed by atoms with Gasteiger partial charge >= 0.3 is 12.4 Å². The van der Waals surface area contributed by atoms with Crippen molar-refractivity contribution in [1.82, 2.24) is 24.6 Å². The molecular weight excluding hydrogens is 615 g/mol. The van der Waals surface area contributed by atoms with Gasteiger partial charge in [-0.1, -0.05) is 18.2 Å². The molecule has 5 aromatic rings. The van der Waals surface area contributed by atoms with Crippen molar-refractivity contribution >= 4 is 28.4 Å². The Morgan fingerprint density at radius 3 is 2.70 bits per heavy atom. The van der Waals surface area contributed by atoms with Gasteiger partial charge in [0, 0.05) is 59.7 Å². The number of rotatable bonds is 9. The number of carbonyl (C=O) groups is 1. The van der Waals surface area contributed by atoms with Crippen LogP contribution in [-0.2, 0) is 11.3 Å². The molecule has 1 saturated heterocycles. The van der Waals surface area contributed by atoms with Crippen molar-refractivity contribution in [2.75, 3.05) is 37.9 Å². The molecule has 6 rings (SSSR count). The zero-order chi connectivity index (χ0) is 33.1. The van der Waals surface area contributed by atoms with Crippen molar-refractivity contribution in [2.24, 2.45) is 0 Å². The minimum atomic E-state index is -4.74. The average molecular weight is 648 g/mol. The van der Waals surface area contributed by atoms with E-state index in [1.807, 2.05) is 55.6 Å². The van der Waals surface area contributed by atoms with Gasteiger partial charge in [0.1, 0.15) is 23.6 Å². The first kappa shape index (κ1) is 31.6. The van der Waals surface area contributed by atoms with E-state index in [9.17, 15) is 18.0 Å². The summed E-state index contributed by atoms with van der Waals surface area (Å²) in [5.41, 5.74) is 5.45. The molecule has 0 saturated carbocycles. The highest BCUT2D eigenvalue weighted by molar-refractivity contribution is 5.98. The highest BCUT2D eigenvalue weighted by Gasteiger charge is 2.37. The van der Waals surface area contributed by atoms with Crippen LogP contribution in [0.2, 0.25) is 0 Å². The number of carbonyl (C=O) groups excluding carboxylic acids is 1. The fourth-order valence-corrected chi connectivity index (χ4v) is 5.57. The lowest BCUT2D eigenvalue weighted by atomic mass is 10.1. The lowest BCUT2D eigenvalue weighted by Gasteiger charge is -2.18. The molecule has 14 heteroatoms. The quantitative estimate of drug-likeness (QED) is 0.185. The lowest BCUT2D eigenvalue weighted by Crippen LogP contribution is -2.35. The van der Waals surface area contributed by atoms with Crippen LogP contribution in [0.5, 0.6) is 11.5 Å². The number of hydrogen-bond donors (Lipinski definition) is 2. The van der Waals surface area contributed by atoms with E-state index in [-0.39, 0.29) is 19.5 Å². The zero-order valence-electron chi connectivity index (χ0n) is 25.8. The van der Waals surface area contributed by atoms with Crippen LogP contribution in [0.4, 0.5) is 29.5 Å². The number of methoxy groups -OCH3 is 2. The smallest absolute Gasteiger partial charge is 0.497 e. The maximum absolute atomic E-state index is 12.8. The summed E-state index contributed by atoms with van der Waals surface area (Å²) in [5, 5.41) is 11.6. The van der Waals surface area contributed by atoms with E-state index in [0.717, 1.165) is 38.8 Å². The zero-order valence-corrected chi connectivity index (χ0v) is 25.8. The second kappa shape index (κ2) is 13.2. The Morgan fingerprint density at radius 2 is 1.91 bits per heavy atom. The molecule has 3 aromatic carbocycles. The summed E-state index contributed by atoms with van der Waals surface area (Å²) in [5.74, 6) is 2.06. The van der Waals surface area contributed by atoms with Crippen LogP contribution < -0.4 is 20.1 Å². The molecule has 0 bridgehead atoms. The molecule has 0 spiro atoms. The molecule has 244 valence electrons. The third-order valence-electron chi connectivity index (χ3n) is 7.94. The number of hydrogen-bond acceptors (Lipinski definition) is 8. The maximum atomic E-state index is 12.8. The van der Waals surface area contributed by atoms with E-state index in [1.54, 1.807) is 37.2 Å². The van der Waals surface area contributed by atoms with E-state index in [0.29, 0.717) is 29.5 Å². The largest absolute Gasteiger partial charge is 0.522 e. The third-order valence-corrected chi connectivity index (χ3v) is 7.94. The fraction of sp³-hybridized carbons (Fsp3) is 0.273.